The lowest BCUT2D eigenvalue weighted by atomic mass is 10.2. The van der Waals surface area contributed by atoms with Crippen molar-refractivity contribution in [2.24, 2.45) is 0 Å². The molecule has 0 bridgehead atoms. The number of hydrogen-bond donors (Lipinski definition) is 1. The van der Waals surface area contributed by atoms with Crippen LogP contribution in [0.4, 0.5) is 11.5 Å². The first-order chi connectivity index (χ1) is 8.58. The number of halogens is 2. The monoisotopic (exact) mass is 281 g/mol. The Morgan fingerprint density at radius 2 is 1.94 bits per heavy atom. The van der Waals surface area contributed by atoms with E-state index in [9.17, 15) is 0 Å². The summed E-state index contributed by atoms with van der Waals surface area (Å²) in [6.07, 6.45) is 0.740. The second-order valence-corrected chi connectivity index (χ2v) is 4.73. The topological polar surface area (TPSA) is 37.8 Å². The number of nitrogens with one attached hydrogen (secondary N) is 1. The third kappa shape index (κ3) is 3.12. The van der Waals surface area contributed by atoms with Gasteiger partial charge in [-0.25, -0.2) is 9.97 Å². The summed E-state index contributed by atoms with van der Waals surface area (Å²) in [4.78, 5) is 8.46. The predicted octanol–water partition coefficient (Wildman–Crippen LogP) is 4.40. The summed E-state index contributed by atoms with van der Waals surface area (Å²) in [5, 5.41) is 4.32. The Labute approximate surface area is 116 Å². The molecule has 0 spiro atoms. The molecule has 3 nitrogen and oxygen atoms in total. The molecule has 0 saturated carbocycles. The van der Waals surface area contributed by atoms with Crippen LogP contribution in [0.15, 0.2) is 24.3 Å². The van der Waals surface area contributed by atoms with Gasteiger partial charge in [-0.1, -0.05) is 36.2 Å². The Bertz CT molecular complexity index is 570. The van der Waals surface area contributed by atoms with Gasteiger partial charge >= 0.3 is 0 Å². The molecule has 0 aliphatic rings. The van der Waals surface area contributed by atoms with Crippen molar-refractivity contribution in [1.29, 1.82) is 0 Å². The highest BCUT2D eigenvalue weighted by Crippen LogP contribution is 2.23. The zero-order chi connectivity index (χ0) is 13.1. The van der Waals surface area contributed by atoms with Crippen LogP contribution in [0.2, 0.25) is 10.2 Å². The van der Waals surface area contributed by atoms with Crippen molar-refractivity contribution in [2.75, 3.05) is 5.32 Å². The van der Waals surface area contributed by atoms with E-state index in [4.69, 9.17) is 23.2 Å². The molecule has 0 aliphatic carbocycles. The average molecular weight is 282 g/mol. The SMILES string of the molecule is CCc1nc(Cl)cc(Nc2ccc(C)c(Cl)c2)n1. The van der Waals surface area contributed by atoms with Crippen LogP contribution in [-0.4, -0.2) is 9.97 Å². The number of benzene rings is 1. The van der Waals surface area contributed by atoms with Gasteiger partial charge in [0.2, 0.25) is 0 Å². The second kappa shape index (κ2) is 5.55. The lowest BCUT2D eigenvalue weighted by molar-refractivity contribution is 0.943. The van der Waals surface area contributed by atoms with Crippen LogP contribution >= 0.6 is 23.2 Å². The molecule has 1 N–H and O–H groups in total. The van der Waals surface area contributed by atoms with Crippen molar-refractivity contribution in [3.05, 3.63) is 45.8 Å². The minimum atomic E-state index is 0.433. The number of aryl methyl sites for hydroxylation is 2. The molecule has 1 heterocycles. The van der Waals surface area contributed by atoms with Crippen LogP contribution in [0.25, 0.3) is 0 Å². The highest BCUT2D eigenvalue weighted by Gasteiger charge is 2.03. The predicted molar refractivity (Wildman–Crippen MR) is 75.9 cm³/mol. The van der Waals surface area contributed by atoms with Gasteiger partial charge in [0, 0.05) is 23.2 Å². The number of hydrogen-bond acceptors (Lipinski definition) is 3. The van der Waals surface area contributed by atoms with E-state index in [2.05, 4.69) is 15.3 Å². The zero-order valence-electron chi connectivity index (χ0n) is 10.2. The Morgan fingerprint density at radius 3 is 2.61 bits per heavy atom. The molecule has 0 fully saturated rings. The van der Waals surface area contributed by atoms with Crippen molar-refractivity contribution in [1.82, 2.24) is 9.97 Å². The molecular weight excluding hydrogens is 269 g/mol. The normalized spacial score (nSPS) is 10.4. The summed E-state index contributed by atoms with van der Waals surface area (Å²) < 4.78 is 0. The van der Waals surface area contributed by atoms with Gasteiger partial charge in [-0.3, -0.25) is 0 Å². The van der Waals surface area contributed by atoms with Crippen molar-refractivity contribution >= 4 is 34.7 Å². The van der Waals surface area contributed by atoms with Crippen molar-refractivity contribution in [3.63, 3.8) is 0 Å². The maximum Gasteiger partial charge on any atom is 0.135 e. The summed E-state index contributed by atoms with van der Waals surface area (Å²) in [5.41, 5.74) is 1.92. The fraction of sp³-hybridized carbons (Fsp3) is 0.231. The Kier molecular flexibility index (Phi) is 4.04. The van der Waals surface area contributed by atoms with E-state index in [1.807, 2.05) is 32.0 Å². The highest BCUT2D eigenvalue weighted by atomic mass is 35.5. The minimum absolute atomic E-state index is 0.433. The molecule has 5 heteroatoms. The van der Waals surface area contributed by atoms with Gasteiger partial charge in [0.05, 0.1) is 0 Å². The van der Waals surface area contributed by atoms with Crippen molar-refractivity contribution < 1.29 is 0 Å². The molecule has 0 atom stereocenters. The molecular formula is C13H13Cl2N3. The summed E-state index contributed by atoms with van der Waals surface area (Å²) in [7, 11) is 0. The fourth-order valence-corrected chi connectivity index (χ4v) is 1.89. The average Bonchev–Trinajstić information content (AvgIpc) is 2.33. The molecule has 2 rings (SSSR count). The Hall–Kier alpha value is -1.32. The number of anilines is 2. The smallest absolute Gasteiger partial charge is 0.135 e. The van der Waals surface area contributed by atoms with Crippen LogP contribution in [0.1, 0.15) is 18.3 Å². The summed E-state index contributed by atoms with van der Waals surface area (Å²) in [6, 6.07) is 7.45. The van der Waals surface area contributed by atoms with E-state index in [1.54, 1.807) is 6.07 Å². The van der Waals surface area contributed by atoms with Crippen LogP contribution in [-0.2, 0) is 6.42 Å². The quantitative estimate of drug-likeness (QED) is 0.848. The molecule has 0 unspecified atom stereocenters. The molecule has 94 valence electrons. The zero-order valence-corrected chi connectivity index (χ0v) is 11.7. The third-order valence-electron chi connectivity index (χ3n) is 2.50. The van der Waals surface area contributed by atoms with Gasteiger partial charge in [0.15, 0.2) is 0 Å². The fourth-order valence-electron chi connectivity index (χ4n) is 1.51. The summed E-state index contributed by atoms with van der Waals surface area (Å²) in [6.45, 7) is 3.95. The van der Waals surface area contributed by atoms with E-state index in [1.165, 1.54) is 0 Å². The molecule has 0 aliphatic heterocycles. The van der Waals surface area contributed by atoms with Gasteiger partial charge in [-0.15, -0.1) is 0 Å². The van der Waals surface area contributed by atoms with Gasteiger partial charge in [0.25, 0.3) is 0 Å². The van der Waals surface area contributed by atoms with E-state index >= 15 is 0 Å². The van der Waals surface area contributed by atoms with Crippen molar-refractivity contribution in [3.8, 4) is 0 Å². The van der Waals surface area contributed by atoms with Gasteiger partial charge < -0.3 is 5.32 Å². The Morgan fingerprint density at radius 1 is 1.17 bits per heavy atom. The van der Waals surface area contributed by atoms with E-state index < -0.39 is 0 Å². The molecule has 1 aromatic heterocycles. The van der Waals surface area contributed by atoms with Gasteiger partial charge in [-0.2, -0.15) is 0 Å². The van der Waals surface area contributed by atoms with Crippen LogP contribution in [0.5, 0.6) is 0 Å². The standard InChI is InChI=1S/C13H13Cl2N3/c1-3-12-17-11(15)7-13(18-12)16-9-5-4-8(2)10(14)6-9/h4-7H,3H2,1-2H3,(H,16,17,18). The lowest BCUT2D eigenvalue weighted by Gasteiger charge is -2.08. The largest absolute Gasteiger partial charge is 0.340 e. The summed E-state index contributed by atoms with van der Waals surface area (Å²) >= 11 is 12.0. The van der Waals surface area contributed by atoms with Crippen LogP contribution in [0.3, 0.4) is 0 Å². The lowest BCUT2D eigenvalue weighted by Crippen LogP contribution is -1.99. The molecule has 18 heavy (non-hydrogen) atoms. The van der Waals surface area contributed by atoms with Crippen LogP contribution in [0, 0.1) is 6.92 Å². The van der Waals surface area contributed by atoms with E-state index in [0.29, 0.717) is 16.8 Å². The maximum atomic E-state index is 6.07. The second-order valence-electron chi connectivity index (χ2n) is 3.93. The number of rotatable bonds is 3. The first-order valence-corrected chi connectivity index (χ1v) is 6.40. The molecule has 0 radical (unpaired) electrons. The maximum absolute atomic E-state index is 6.07. The first kappa shape index (κ1) is 13.1. The molecule has 2 aromatic rings. The number of nitrogens with zero attached hydrogens (tertiary/aromatic N) is 2. The molecule has 0 amide bonds. The van der Waals surface area contributed by atoms with E-state index in [0.717, 1.165) is 22.7 Å². The van der Waals surface area contributed by atoms with Crippen molar-refractivity contribution in [2.45, 2.75) is 20.3 Å². The van der Waals surface area contributed by atoms with Crippen LogP contribution < -0.4 is 5.32 Å². The first-order valence-electron chi connectivity index (χ1n) is 5.65. The molecule has 0 saturated heterocycles. The van der Waals surface area contributed by atoms with Gasteiger partial charge in [0.1, 0.15) is 16.8 Å². The van der Waals surface area contributed by atoms with Gasteiger partial charge in [-0.05, 0) is 24.6 Å². The molecule has 1 aromatic carbocycles. The Balaban J connectivity index is 2.27. The minimum Gasteiger partial charge on any atom is -0.340 e. The third-order valence-corrected chi connectivity index (χ3v) is 3.10. The highest BCUT2D eigenvalue weighted by molar-refractivity contribution is 6.31. The summed E-state index contributed by atoms with van der Waals surface area (Å²) in [5.74, 6) is 1.38. The number of aromatic nitrogens is 2. The van der Waals surface area contributed by atoms with E-state index in [-0.39, 0.29) is 0 Å².